The van der Waals surface area contributed by atoms with E-state index in [1.165, 1.54) is 5.56 Å². The van der Waals surface area contributed by atoms with Crippen molar-refractivity contribution in [2.45, 2.75) is 19.4 Å². The van der Waals surface area contributed by atoms with Gasteiger partial charge in [-0.1, -0.05) is 6.07 Å². The average molecular weight is 194 g/mol. The first-order valence-electron chi connectivity index (χ1n) is 4.64. The van der Waals surface area contributed by atoms with Gasteiger partial charge in [-0.3, -0.25) is 11.3 Å². The number of rotatable bonds is 3. The van der Waals surface area contributed by atoms with Crippen molar-refractivity contribution < 1.29 is 9.47 Å². The highest BCUT2D eigenvalue weighted by Gasteiger charge is 2.13. The number of ether oxygens (including phenoxy) is 2. The molecule has 0 saturated carbocycles. The maximum Gasteiger partial charge on any atom is 0.231 e. The van der Waals surface area contributed by atoms with Crippen LogP contribution in [0, 0.1) is 0 Å². The van der Waals surface area contributed by atoms with Crippen LogP contribution in [0.4, 0.5) is 0 Å². The number of fused-ring (bicyclic) bond motifs is 1. The molecule has 1 heterocycles. The average Bonchev–Trinajstić information content (AvgIpc) is 2.64. The lowest BCUT2D eigenvalue weighted by Gasteiger charge is -2.09. The highest BCUT2D eigenvalue weighted by molar-refractivity contribution is 5.44. The second kappa shape index (κ2) is 3.86. The standard InChI is InChI=1S/C10H14N2O2/c1-7(12-11)4-8-2-3-9-10(5-8)14-6-13-9/h2-3,5,7,12H,4,6,11H2,1H3/t7-/m0/s1. The molecule has 4 heteroatoms. The van der Waals surface area contributed by atoms with E-state index < -0.39 is 0 Å². The van der Waals surface area contributed by atoms with E-state index in [0.717, 1.165) is 17.9 Å². The highest BCUT2D eigenvalue weighted by atomic mass is 16.7. The summed E-state index contributed by atoms with van der Waals surface area (Å²) in [6.07, 6.45) is 0.882. The number of hydrogen-bond donors (Lipinski definition) is 2. The fraction of sp³-hybridized carbons (Fsp3) is 0.400. The van der Waals surface area contributed by atoms with Crippen LogP contribution in [0.5, 0.6) is 11.5 Å². The molecular weight excluding hydrogens is 180 g/mol. The van der Waals surface area contributed by atoms with Crippen molar-refractivity contribution in [2.24, 2.45) is 5.84 Å². The summed E-state index contributed by atoms with van der Waals surface area (Å²) in [5.74, 6) is 6.97. The van der Waals surface area contributed by atoms with E-state index in [1.807, 2.05) is 25.1 Å². The molecule has 1 atom stereocenters. The SMILES string of the molecule is C[C@@H](Cc1ccc2c(c1)OCO2)NN. The monoisotopic (exact) mass is 194 g/mol. The smallest absolute Gasteiger partial charge is 0.231 e. The number of nitrogens with one attached hydrogen (secondary N) is 1. The minimum Gasteiger partial charge on any atom is -0.454 e. The molecule has 0 aliphatic carbocycles. The van der Waals surface area contributed by atoms with Crippen LogP contribution in [0.3, 0.4) is 0 Å². The molecule has 0 fully saturated rings. The van der Waals surface area contributed by atoms with Gasteiger partial charge in [-0.25, -0.2) is 0 Å². The van der Waals surface area contributed by atoms with Gasteiger partial charge < -0.3 is 9.47 Å². The van der Waals surface area contributed by atoms with Gasteiger partial charge in [0.25, 0.3) is 0 Å². The molecule has 0 unspecified atom stereocenters. The number of hydrogen-bond acceptors (Lipinski definition) is 4. The van der Waals surface area contributed by atoms with Gasteiger partial charge in [-0.05, 0) is 31.0 Å². The lowest BCUT2D eigenvalue weighted by molar-refractivity contribution is 0.174. The van der Waals surface area contributed by atoms with Crippen LogP contribution in [-0.2, 0) is 6.42 Å². The van der Waals surface area contributed by atoms with E-state index in [0.29, 0.717) is 6.79 Å². The zero-order chi connectivity index (χ0) is 9.97. The summed E-state index contributed by atoms with van der Waals surface area (Å²) in [5, 5.41) is 0. The van der Waals surface area contributed by atoms with Gasteiger partial charge in [-0.2, -0.15) is 0 Å². The van der Waals surface area contributed by atoms with Crippen LogP contribution >= 0.6 is 0 Å². The molecule has 0 spiro atoms. The van der Waals surface area contributed by atoms with Crippen LogP contribution in [0.1, 0.15) is 12.5 Å². The van der Waals surface area contributed by atoms with E-state index in [1.54, 1.807) is 0 Å². The van der Waals surface area contributed by atoms with Crippen molar-refractivity contribution in [3.8, 4) is 11.5 Å². The molecule has 14 heavy (non-hydrogen) atoms. The fourth-order valence-corrected chi connectivity index (χ4v) is 1.48. The van der Waals surface area contributed by atoms with Crippen LogP contribution in [0.15, 0.2) is 18.2 Å². The number of hydrazine groups is 1. The molecule has 1 aromatic rings. The molecule has 0 aromatic heterocycles. The Hall–Kier alpha value is -1.26. The Bertz CT molecular complexity index is 328. The van der Waals surface area contributed by atoms with Crippen molar-refractivity contribution in [1.29, 1.82) is 0 Å². The number of benzene rings is 1. The molecule has 0 saturated heterocycles. The van der Waals surface area contributed by atoms with Crippen LogP contribution in [0.25, 0.3) is 0 Å². The molecule has 4 nitrogen and oxygen atoms in total. The first-order chi connectivity index (χ1) is 6.79. The van der Waals surface area contributed by atoms with Gasteiger partial charge in [0.05, 0.1) is 0 Å². The van der Waals surface area contributed by atoms with Gasteiger partial charge in [0, 0.05) is 6.04 Å². The summed E-state index contributed by atoms with van der Waals surface area (Å²) in [5.41, 5.74) is 3.90. The Labute approximate surface area is 83.0 Å². The minimum absolute atomic E-state index is 0.260. The normalized spacial score (nSPS) is 15.6. The Kier molecular flexibility index (Phi) is 2.56. The predicted molar refractivity (Wildman–Crippen MR) is 53.1 cm³/mol. The molecule has 0 amide bonds. The molecule has 0 bridgehead atoms. The maximum absolute atomic E-state index is 5.33. The van der Waals surface area contributed by atoms with Crippen LogP contribution < -0.4 is 20.7 Å². The summed E-state index contributed by atoms with van der Waals surface area (Å²) in [7, 11) is 0. The van der Waals surface area contributed by atoms with Crippen LogP contribution in [0.2, 0.25) is 0 Å². The third kappa shape index (κ3) is 1.81. The van der Waals surface area contributed by atoms with Crippen molar-refractivity contribution in [1.82, 2.24) is 5.43 Å². The van der Waals surface area contributed by atoms with Gasteiger partial charge in [-0.15, -0.1) is 0 Å². The number of nitrogens with two attached hydrogens (primary N) is 1. The quantitative estimate of drug-likeness (QED) is 0.552. The fourth-order valence-electron chi connectivity index (χ4n) is 1.48. The van der Waals surface area contributed by atoms with Crippen molar-refractivity contribution in [3.63, 3.8) is 0 Å². The Balaban J connectivity index is 2.12. The largest absolute Gasteiger partial charge is 0.454 e. The second-order valence-corrected chi connectivity index (χ2v) is 3.46. The van der Waals surface area contributed by atoms with E-state index in [4.69, 9.17) is 15.3 Å². The summed E-state index contributed by atoms with van der Waals surface area (Å²) in [6, 6.07) is 6.22. The highest BCUT2D eigenvalue weighted by Crippen LogP contribution is 2.32. The second-order valence-electron chi connectivity index (χ2n) is 3.46. The van der Waals surface area contributed by atoms with E-state index in [2.05, 4.69) is 5.43 Å². The molecule has 3 N–H and O–H groups in total. The molecule has 76 valence electrons. The van der Waals surface area contributed by atoms with Gasteiger partial charge in [0.15, 0.2) is 11.5 Å². The third-order valence-electron chi connectivity index (χ3n) is 2.26. The van der Waals surface area contributed by atoms with Crippen molar-refractivity contribution in [2.75, 3.05) is 6.79 Å². The summed E-state index contributed by atoms with van der Waals surface area (Å²) >= 11 is 0. The van der Waals surface area contributed by atoms with Crippen molar-refractivity contribution >= 4 is 0 Å². The topological polar surface area (TPSA) is 56.5 Å². The lowest BCUT2D eigenvalue weighted by atomic mass is 10.1. The lowest BCUT2D eigenvalue weighted by Crippen LogP contribution is -2.33. The van der Waals surface area contributed by atoms with Crippen LogP contribution in [-0.4, -0.2) is 12.8 Å². The Morgan fingerprint density at radius 1 is 1.43 bits per heavy atom. The molecular formula is C10H14N2O2. The summed E-state index contributed by atoms with van der Waals surface area (Å²) < 4.78 is 10.5. The first kappa shape index (κ1) is 9.30. The summed E-state index contributed by atoms with van der Waals surface area (Å²) in [4.78, 5) is 0. The van der Waals surface area contributed by atoms with E-state index >= 15 is 0 Å². The maximum atomic E-state index is 5.33. The molecule has 1 aliphatic rings. The van der Waals surface area contributed by atoms with Crippen molar-refractivity contribution in [3.05, 3.63) is 23.8 Å². The Morgan fingerprint density at radius 3 is 3.00 bits per heavy atom. The van der Waals surface area contributed by atoms with Gasteiger partial charge in [0.2, 0.25) is 6.79 Å². The Morgan fingerprint density at radius 2 is 2.21 bits per heavy atom. The van der Waals surface area contributed by atoms with Gasteiger partial charge in [0.1, 0.15) is 0 Å². The van der Waals surface area contributed by atoms with Gasteiger partial charge >= 0.3 is 0 Å². The predicted octanol–water partition coefficient (Wildman–Crippen LogP) is 0.810. The third-order valence-corrected chi connectivity index (χ3v) is 2.26. The minimum atomic E-state index is 0.260. The zero-order valence-corrected chi connectivity index (χ0v) is 8.12. The molecule has 1 aliphatic heterocycles. The van der Waals surface area contributed by atoms with E-state index in [9.17, 15) is 0 Å². The van der Waals surface area contributed by atoms with E-state index in [-0.39, 0.29) is 6.04 Å². The molecule has 1 aromatic carbocycles. The molecule has 2 rings (SSSR count). The first-order valence-corrected chi connectivity index (χ1v) is 4.64. The molecule has 0 radical (unpaired) electrons. The zero-order valence-electron chi connectivity index (χ0n) is 8.12. The summed E-state index contributed by atoms with van der Waals surface area (Å²) in [6.45, 7) is 2.36.